The first-order valence-electron chi connectivity index (χ1n) is 4.88. The highest BCUT2D eigenvalue weighted by atomic mass is 79.9. The van der Waals surface area contributed by atoms with Crippen LogP contribution < -0.4 is 4.90 Å². The first-order valence-corrected chi connectivity index (χ1v) is 6.57. The summed E-state index contributed by atoms with van der Waals surface area (Å²) in [6.45, 7) is 3.14. The van der Waals surface area contributed by atoms with Crippen LogP contribution >= 0.6 is 27.5 Å². The zero-order valence-electron chi connectivity index (χ0n) is 8.77. The number of hydrogen-bond acceptors (Lipinski definition) is 3. The maximum atomic E-state index is 4.43. The second-order valence-corrected chi connectivity index (χ2v) is 5.98. The van der Waals surface area contributed by atoms with Crippen molar-refractivity contribution in [2.45, 2.75) is 11.8 Å². The van der Waals surface area contributed by atoms with Crippen LogP contribution in [0.1, 0.15) is 6.92 Å². The highest BCUT2D eigenvalue weighted by Gasteiger charge is 2.10. The highest BCUT2D eigenvalue weighted by molar-refractivity contribution is 9.09. The Morgan fingerprint density at radius 3 is 2.93 bits per heavy atom. The Kier molecular flexibility index (Phi) is 3.26. The second-order valence-electron chi connectivity index (χ2n) is 3.67. The highest BCUT2D eigenvalue weighted by Crippen LogP contribution is 2.30. The van der Waals surface area contributed by atoms with E-state index in [4.69, 9.17) is 0 Å². The first-order chi connectivity index (χ1) is 7.18. The lowest BCUT2D eigenvalue weighted by molar-refractivity contribution is 0.888. The van der Waals surface area contributed by atoms with Gasteiger partial charge in [0.25, 0.3) is 0 Å². The summed E-state index contributed by atoms with van der Waals surface area (Å²) < 4.78 is 4.43. The van der Waals surface area contributed by atoms with Gasteiger partial charge in [0.2, 0.25) is 0 Å². The summed E-state index contributed by atoms with van der Waals surface area (Å²) in [5.41, 5.74) is 1.09. The number of alkyl halides is 1. The number of halogens is 1. The molecular formula is C11H13BrN2S. The van der Waals surface area contributed by atoms with Crippen molar-refractivity contribution in [3.63, 3.8) is 0 Å². The van der Waals surface area contributed by atoms with Gasteiger partial charge >= 0.3 is 0 Å². The summed E-state index contributed by atoms with van der Waals surface area (Å²) in [6, 6.07) is 8.27. The smallest absolute Gasteiger partial charge is 0.119 e. The van der Waals surface area contributed by atoms with E-state index in [1.807, 2.05) is 6.07 Å². The second kappa shape index (κ2) is 4.49. The van der Waals surface area contributed by atoms with Crippen LogP contribution in [-0.4, -0.2) is 22.8 Å². The number of anilines is 1. The molecule has 15 heavy (non-hydrogen) atoms. The van der Waals surface area contributed by atoms with Gasteiger partial charge in [-0.15, -0.1) is 0 Å². The molecular weight excluding hydrogens is 272 g/mol. The molecule has 0 aliphatic rings. The molecule has 0 bridgehead atoms. The van der Waals surface area contributed by atoms with E-state index in [-0.39, 0.29) is 0 Å². The molecule has 0 fully saturated rings. The van der Waals surface area contributed by atoms with Gasteiger partial charge in [0, 0.05) is 23.8 Å². The van der Waals surface area contributed by atoms with Crippen molar-refractivity contribution in [3.05, 3.63) is 24.3 Å². The van der Waals surface area contributed by atoms with E-state index in [1.165, 1.54) is 10.4 Å². The van der Waals surface area contributed by atoms with Crippen LogP contribution in [0.5, 0.6) is 0 Å². The van der Waals surface area contributed by atoms with Crippen molar-refractivity contribution >= 4 is 43.4 Å². The van der Waals surface area contributed by atoms with E-state index < -0.39 is 0 Å². The molecule has 1 heterocycles. The van der Waals surface area contributed by atoms with E-state index in [0.29, 0.717) is 4.83 Å². The summed E-state index contributed by atoms with van der Waals surface area (Å²) in [6.07, 6.45) is 0. The lowest BCUT2D eigenvalue weighted by atomic mass is 10.2. The molecule has 2 aromatic rings. The quantitative estimate of drug-likeness (QED) is 0.802. The molecule has 0 saturated heterocycles. The van der Waals surface area contributed by atoms with Crippen molar-refractivity contribution in [1.29, 1.82) is 0 Å². The molecule has 1 aromatic carbocycles. The molecule has 2 nitrogen and oxygen atoms in total. The van der Waals surface area contributed by atoms with Gasteiger partial charge in [0.05, 0.1) is 5.52 Å². The van der Waals surface area contributed by atoms with Crippen LogP contribution in [0.4, 0.5) is 5.00 Å². The third kappa shape index (κ3) is 2.32. The summed E-state index contributed by atoms with van der Waals surface area (Å²) in [5, 5.41) is 2.50. The van der Waals surface area contributed by atoms with Gasteiger partial charge in [-0.3, -0.25) is 0 Å². The van der Waals surface area contributed by atoms with Crippen molar-refractivity contribution in [3.8, 4) is 0 Å². The molecule has 0 aliphatic carbocycles. The minimum Gasteiger partial charge on any atom is -0.364 e. The van der Waals surface area contributed by atoms with Gasteiger partial charge in [-0.25, -0.2) is 0 Å². The van der Waals surface area contributed by atoms with Crippen LogP contribution in [0, 0.1) is 0 Å². The number of fused-ring (bicyclic) bond motifs is 1. The summed E-state index contributed by atoms with van der Waals surface area (Å²) >= 11 is 5.14. The Morgan fingerprint density at radius 2 is 2.20 bits per heavy atom. The van der Waals surface area contributed by atoms with Gasteiger partial charge in [0.15, 0.2) is 0 Å². The van der Waals surface area contributed by atoms with E-state index in [1.54, 1.807) is 11.5 Å². The molecule has 0 aliphatic heterocycles. The van der Waals surface area contributed by atoms with E-state index >= 15 is 0 Å². The molecule has 0 amide bonds. The van der Waals surface area contributed by atoms with Crippen molar-refractivity contribution in [2.75, 3.05) is 18.5 Å². The van der Waals surface area contributed by atoms with Crippen molar-refractivity contribution < 1.29 is 0 Å². The van der Waals surface area contributed by atoms with Gasteiger partial charge in [-0.1, -0.05) is 35.0 Å². The molecule has 0 radical (unpaired) electrons. The maximum Gasteiger partial charge on any atom is 0.119 e. The van der Waals surface area contributed by atoms with Gasteiger partial charge in [-0.05, 0) is 23.7 Å². The third-order valence-electron chi connectivity index (χ3n) is 2.24. The van der Waals surface area contributed by atoms with Gasteiger partial charge in [-0.2, -0.15) is 4.37 Å². The molecule has 2 rings (SSSR count). The Morgan fingerprint density at radius 1 is 1.47 bits per heavy atom. The van der Waals surface area contributed by atoms with E-state index in [0.717, 1.165) is 12.1 Å². The number of aromatic nitrogens is 1. The molecule has 1 atom stereocenters. The Balaban J connectivity index is 2.35. The fraction of sp³-hybridized carbons (Fsp3) is 0.364. The number of benzene rings is 1. The molecule has 4 heteroatoms. The maximum absolute atomic E-state index is 4.43. The van der Waals surface area contributed by atoms with Crippen LogP contribution in [0.25, 0.3) is 10.9 Å². The number of rotatable bonds is 3. The predicted molar refractivity (Wildman–Crippen MR) is 71.3 cm³/mol. The molecule has 0 saturated carbocycles. The minimum absolute atomic E-state index is 0.489. The Labute approximate surface area is 102 Å². The zero-order chi connectivity index (χ0) is 10.8. The number of nitrogens with zero attached hydrogens (tertiary/aromatic N) is 2. The normalized spacial score (nSPS) is 13.0. The van der Waals surface area contributed by atoms with Crippen LogP contribution in [0.15, 0.2) is 24.3 Å². The Bertz CT molecular complexity index is 453. The fourth-order valence-electron chi connectivity index (χ4n) is 1.61. The lowest BCUT2D eigenvalue weighted by Crippen LogP contribution is -2.23. The predicted octanol–water partition coefficient (Wildman–Crippen LogP) is 3.52. The monoisotopic (exact) mass is 284 g/mol. The number of hydrogen-bond donors (Lipinski definition) is 0. The van der Waals surface area contributed by atoms with Gasteiger partial charge in [0.1, 0.15) is 5.00 Å². The third-order valence-corrected chi connectivity index (χ3v) is 3.52. The van der Waals surface area contributed by atoms with E-state index in [9.17, 15) is 0 Å². The average Bonchev–Trinajstić information content (AvgIpc) is 2.59. The fourth-order valence-corrected chi connectivity index (χ4v) is 2.87. The summed E-state index contributed by atoms with van der Waals surface area (Å²) in [4.78, 5) is 2.74. The van der Waals surface area contributed by atoms with Crippen LogP contribution in [0.3, 0.4) is 0 Å². The summed E-state index contributed by atoms with van der Waals surface area (Å²) in [5.74, 6) is 0. The topological polar surface area (TPSA) is 16.1 Å². The van der Waals surface area contributed by atoms with Crippen LogP contribution in [0.2, 0.25) is 0 Å². The van der Waals surface area contributed by atoms with E-state index in [2.05, 4.69) is 57.4 Å². The Hall–Kier alpha value is -0.610. The van der Waals surface area contributed by atoms with Crippen molar-refractivity contribution in [2.24, 2.45) is 0 Å². The molecule has 0 N–H and O–H groups in total. The van der Waals surface area contributed by atoms with Crippen molar-refractivity contribution in [1.82, 2.24) is 4.37 Å². The first kappa shape index (κ1) is 10.9. The molecule has 1 unspecified atom stereocenters. The SMILES string of the molecule is CC(Br)CN(C)c1snc2ccccc12. The zero-order valence-corrected chi connectivity index (χ0v) is 11.2. The average molecular weight is 285 g/mol. The standard InChI is InChI=1S/C11H13BrN2S/c1-8(12)7-14(2)11-9-5-3-4-6-10(9)13-15-11/h3-6,8H,7H2,1-2H3. The molecule has 1 aromatic heterocycles. The molecule has 0 spiro atoms. The largest absolute Gasteiger partial charge is 0.364 e. The minimum atomic E-state index is 0.489. The van der Waals surface area contributed by atoms with Gasteiger partial charge < -0.3 is 4.90 Å². The molecule has 80 valence electrons. The summed E-state index contributed by atoms with van der Waals surface area (Å²) in [7, 11) is 2.11. The van der Waals surface area contributed by atoms with Crippen LogP contribution in [-0.2, 0) is 0 Å². The lowest BCUT2D eigenvalue weighted by Gasteiger charge is -2.18.